The minimum absolute atomic E-state index is 0.0170. The first kappa shape index (κ1) is 22.8. The molecule has 0 aliphatic rings. The van der Waals surface area contributed by atoms with Gasteiger partial charge in [0.15, 0.2) is 0 Å². The maximum atomic E-state index is 11.5. The van der Waals surface area contributed by atoms with Crippen molar-refractivity contribution in [3.8, 4) is 0 Å². The summed E-state index contributed by atoms with van der Waals surface area (Å²) in [6.07, 6.45) is 7.63. The van der Waals surface area contributed by atoms with Crippen molar-refractivity contribution in [3.63, 3.8) is 0 Å². The number of carbonyl (C=O) groups is 1. The number of nitrogens with one attached hydrogen (secondary N) is 1. The molecule has 0 rings (SSSR count). The van der Waals surface area contributed by atoms with Crippen molar-refractivity contribution in [3.05, 3.63) is 12.2 Å². The van der Waals surface area contributed by atoms with Crippen molar-refractivity contribution in [2.75, 3.05) is 7.11 Å². The van der Waals surface area contributed by atoms with E-state index < -0.39 is 18.4 Å². The molecule has 0 aromatic rings. The van der Waals surface area contributed by atoms with Crippen molar-refractivity contribution >= 4 is 24.5 Å². The van der Waals surface area contributed by atoms with E-state index in [4.69, 9.17) is 4.74 Å². The second-order valence-electron chi connectivity index (χ2n) is 7.00. The van der Waals surface area contributed by atoms with Crippen molar-refractivity contribution < 1.29 is 9.53 Å². The Kier molecular flexibility index (Phi) is 13.0. The monoisotopic (exact) mass is 433 g/mol. The van der Waals surface area contributed by atoms with Gasteiger partial charge in [-0.3, -0.25) is 0 Å². The minimum atomic E-state index is -2.20. The molecule has 136 valence electrons. The maximum absolute atomic E-state index is 11.5. The van der Waals surface area contributed by atoms with Gasteiger partial charge < -0.3 is 0 Å². The molecule has 23 heavy (non-hydrogen) atoms. The van der Waals surface area contributed by atoms with Gasteiger partial charge in [0, 0.05) is 0 Å². The molecular formula is C19H39NO2Sn. The summed E-state index contributed by atoms with van der Waals surface area (Å²) in [6.45, 7) is 13.3. The van der Waals surface area contributed by atoms with Crippen LogP contribution in [0.5, 0.6) is 0 Å². The molecule has 0 aliphatic carbocycles. The van der Waals surface area contributed by atoms with E-state index in [0.717, 1.165) is 0 Å². The van der Waals surface area contributed by atoms with E-state index in [2.05, 4.69) is 32.7 Å². The topological polar surface area (TPSA) is 38.3 Å². The Hall–Kier alpha value is -0.191. The molecule has 1 amide bonds. The van der Waals surface area contributed by atoms with Gasteiger partial charge in [0.05, 0.1) is 0 Å². The summed E-state index contributed by atoms with van der Waals surface area (Å²) in [4.78, 5) is 11.5. The van der Waals surface area contributed by atoms with E-state index in [1.54, 1.807) is 0 Å². The molecule has 4 heteroatoms. The van der Waals surface area contributed by atoms with Crippen molar-refractivity contribution in [2.24, 2.45) is 0 Å². The molecule has 0 radical (unpaired) electrons. The summed E-state index contributed by atoms with van der Waals surface area (Å²) in [5.41, 5.74) is 1.22. The number of methoxy groups -OCH3 is 1. The molecule has 1 unspecified atom stereocenters. The number of amides is 1. The van der Waals surface area contributed by atoms with Gasteiger partial charge >= 0.3 is 149 Å². The standard InChI is InChI=1S/C7H12NO2.3C4H9.Sn/c1-5(2)6(3)8-7(9)10-4;3*1-3-4-2;/h6H,1-2H2,3-4H3,(H,8,9);3*1,3-4H2,2H3;. The van der Waals surface area contributed by atoms with E-state index in [0.29, 0.717) is 0 Å². The van der Waals surface area contributed by atoms with Crippen molar-refractivity contribution in [1.82, 2.24) is 5.32 Å². The number of ether oxygens (including phenoxy) is 1. The second kappa shape index (κ2) is 13.1. The van der Waals surface area contributed by atoms with Gasteiger partial charge in [-0.25, -0.2) is 0 Å². The average molecular weight is 432 g/mol. The van der Waals surface area contributed by atoms with Gasteiger partial charge in [-0.15, -0.1) is 0 Å². The molecule has 0 aromatic carbocycles. The summed E-state index contributed by atoms with van der Waals surface area (Å²) < 4.78 is 10.4. The second-order valence-corrected chi connectivity index (χ2v) is 20.9. The first-order valence-electron chi connectivity index (χ1n) is 9.46. The quantitative estimate of drug-likeness (QED) is 0.281. The number of rotatable bonds is 13. The summed E-state index contributed by atoms with van der Waals surface area (Å²) in [5.74, 6) is 0. The number of carbonyl (C=O) groups excluding carboxylic acids is 1. The molecule has 0 heterocycles. The molecule has 0 bridgehead atoms. The van der Waals surface area contributed by atoms with Crippen molar-refractivity contribution in [2.45, 2.75) is 90.0 Å². The van der Waals surface area contributed by atoms with Crippen LogP contribution in [0.1, 0.15) is 66.2 Å². The Morgan fingerprint density at radius 1 is 1.04 bits per heavy atom. The van der Waals surface area contributed by atoms with E-state index >= 15 is 0 Å². The van der Waals surface area contributed by atoms with Crippen LogP contribution >= 0.6 is 0 Å². The fourth-order valence-electron chi connectivity index (χ4n) is 3.27. The molecule has 0 fully saturated rings. The summed E-state index contributed by atoms with van der Waals surface area (Å²) in [5, 5.41) is 2.89. The Morgan fingerprint density at radius 3 is 1.83 bits per heavy atom. The number of hydrogen-bond acceptors (Lipinski definition) is 2. The van der Waals surface area contributed by atoms with Gasteiger partial charge in [0.25, 0.3) is 0 Å². The van der Waals surface area contributed by atoms with Crippen LogP contribution in [-0.4, -0.2) is 37.6 Å². The van der Waals surface area contributed by atoms with E-state index in [1.807, 2.05) is 6.92 Å². The fourth-order valence-corrected chi connectivity index (χ4v) is 20.0. The fraction of sp³-hybridized carbons (Fsp3) is 0.842. The van der Waals surface area contributed by atoms with Crippen LogP contribution in [0, 0.1) is 0 Å². The number of hydrogen-bond donors (Lipinski definition) is 1. The van der Waals surface area contributed by atoms with Crippen LogP contribution < -0.4 is 5.32 Å². The summed E-state index contributed by atoms with van der Waals surface area (Å²) in [6, 6.07) is 0.0170. The number of unbranched alkanes of at least 4 members (excludes halogenated alkanes) is 3. The molecule has 1 atom stereocenters. The van der Waals surface area contributed by atoms with E-state index in [9.17, 15) is 4.79 Å². The van der Waals surface area contributed by atoms with Crippen LogP contribution in [0.2, 0.25) is 17.7 Å². The zero-order valence-electron chi connectivity index (χ0n) is 16.2. The van der Waals surface area contributed by atoms with Gasteiger partial charge in [0.1, 0.15) is 0 Å². The zero-order chi connectivity index (χ0) is 17.7. The van der Waals surface area contributed by atoms with Gasteiger partial charge in [0.2, 0.25) is 0 Å². The molecule has 0 aliphatic heterocycles. The van der Waals surface area contributed by atoms with Gasteiger partial charge in [-0.05, 0) is 0 Å². The molecule has 0 spiro atoms. The van der Waals surface area contributed by atoms with Crippen LogP contribution in [0.25, 0.3) is 0 Å². The van der Waals surface area contributed by atoms with Crippen LogP contribution in [0.4, 0.5) is 4.79 Å². The summed E-state index contributed by atoms with van der Waals surface area (Å²) in [7, 11) is 1.41. The van der Waals surface area contributed by atoms with E-state index in [-0.39, 0.29) is 12.1 Å². The first-order chi connectivity index (χ1) is 10.9. The Balaban J connectivity index is 4.97. The Morgan fingerprint density at radius 2 is 1.48 bits per heavy atom. The molecule has 1 N–H and O–H groups in total. The Labute approximate surface area is 148 Å². The third kappa shape index (κ3) is 9.63. The van der Waals surface area contributed by atoms with Crippen LogP contribution in [-0.2, 0) is 4.74 Å². The normalized spacial score (nSPS) is 12.7. The molecule has 3 nitrogen and oxygen atoms in total. The predicted octanol–water partition coefficient (Wildman–Crippen LogP) is 6.14. The van der Waals surface area contributed by atoms with Crippen LogP contribution in [0.3, 0.4) is 0 Å². The first-order valence-corrected chi connectivity index (χ1v) is 17.5. The molecule has 0 aromatic heterocycles. The number of alkyl carbamates (subject to hydrolysis) is 1. The Bertz CT molecular complexity index is 322. The third-order valence-corrected chi connectivity index (χ3v) is 20.5. The summed E-state index contributed by atoms with van der Waals surface area (Å²) >= 11 is -2.20. The van der Waals surface area contributed by atoms with Gasteiger partial charge in [-0.2, -0.15) is 0 Å². The SMILES string of the molecule is C=C([CH2][Sn]([CH2]CCC)([CH2]CCC)[CH2]CCC)C(C)NC(=O)OC. The van der Waals surface area contributed by atoms with Crippen molar-refractivity contribution in [1.29, 1.82) is 0 Å². The molecule has 0 saturated carbocycles. The van der Waals surface area contributed by atoms with E-state index in [1.165, 1.54) is 69.0 Å². The molecular weight excluding hydrogens is 393 g/mol. The van der Waals surface area contributed by atoms with Gasteiger partial charge in [-0.1, -0.05) is 0 Å². The van der Waals surface area contributed by atoms with Crippen LogP contribution in [0.15, 0.2) is 12.2 Å². The zero-order valence-corrected chi connectivity index (χ0v) is 19.0. The predicted molar refractivity (Wildman–Crippen MR) is 104 cm³/mol. The average Bonchev–Trinajstić information content (AvgIpc) is 2.55. The molecule has 0 saturated heterocycles. The third-order valence-electron chi connectivity index (χ3n) is 4.92.